The summed E-state index contributed by atoms with van der Waals surface area (Å²) in [6.45, 7) is 5.97. The van der Waals surface area contributed by atoms with E-state index in [9.17, 15) is 14.7 Å². The molecule has 1 amide bonds. The van der Waals surface area contributed by atoms with Crippen molar-refractivity contribution in [1.29, 1.82) is 0 Å². The highest BCUT2D eigenvalue weighted by Crippen LogP contribution is 2.34. The Morgan fingerprint density at radius 3 is 2.57 bits per heavy atom. The lowest BCUT2D eigenvalue weighted by atomic mass is 9.77. The number of aromatic nitrogens is 2. The Bertz CT molecular complexity index is 570. The van der Waals surface area contributed by atoms with Crippen LogP contribution < -0.4 is 0 Å². The van der Waals surface area contributed by atoms with Crippen molar-refractivity contribution in [3.05, 3.63) is 24.3 Å². The van der Waals surface area contributed by atoms with Gasteiger partial charge < -0.3 is 14.7 Å². The van der Waals surface area contributed by atoms with Crippen LogP contribution in [0.1, 0.15) is 39.4 Å². The van der Waals surface area contributed by atoms with E-state index >= 15 is 0 Å². The van der Waals surface area contributed by atoms with Crippen molar-refractivity contribution in [3.8, 4) is 0 Å². The van der Waals surface area contributed by atoms with Crippen molar-refractivity contribution in [2.24, 2.45) is 5.41 Å². The van der Waals surface area contributed by atoms with Crippen LogP contribution in [0.25, 0.3) is 0 Å². The van der Waals surface area contributed by atoms with Gasteiger partial charge in [-0.2, -0.15) is 0 Å². The highest BCUT2D eigenvalue weighted by molar-refractivity contribution is 5.77. The smallest absolute Gasteiger partial charge is 0.410 e. The second-order valence-corrected chi connectivity index (χ2v) is 6.93. The third-order valence-corrected chi connectivity index (χ3v) is 3.80. The zero-order valence-corrected chi connectivity index (χ0v) is 13.8. The Hall–Kier alpha value is -2.18. The topological polar surface area (TPSA) is 92.6 Å². The van der Waals surface area contributed by atoms with Gasteiger partial charge in [0.1, 0.15) is 11.4 Å². The summed E-state index contributed by atoms with van der Waals surface area (Å²) in [5.41, 5.74) is -1.68. The minimum atomic E-state index is -1.07. The molecule has 1 aliphatic rings. The largest absolute Gasteiger partial charge is 0.481 e. The third kappa shape index (κ3) is 4.40. The van der Waals surface area contributed by atoms with Crippen LogP contribution in [0.3, 0.4) is 0 Å². The SMILES string of the molecule is CC(C)(C)OC(=O)N1CCCC(Cc2ncccn2)(C(=O)O)C1. The fourth-order valence-electron chi connectivity index (χ4n) is 2.73. The molecule has 1 aromatic rings. The zero-order chi connectivity index (χ0) is 17.1. The Morgan fingerprint density at radius 1 is 1.35 bits per heavy atom. The highest BCUT2D eigenvalue weighted by Gasteiger charge is 2.45. The Kier molecular flexibility index (Phi) is 4.87. The molecule has 0 aromatic carbocycles. The lowest BCUT2D eigenvalue weighted by Gasteiger charge is -2.39. The van der Waals surface area contributed by atoms with Crippen LogP contribution in [-0.4, -0.2) is 50.7 Å². The predicted octanol–water partition coefficient (Wildman–Crippen LogP) is 2.12. The molecule has 1 fully saturated rings. The van der Waals surface area contributed by atoms with Crippen molar-refractivity contribution in [2.45, 2.75) is 45.6 Å². The van der Waals surface area contributed by atoms with Gasteiger partial charge >= 0.3 is 12.1 Å². The number of carbonyl (C=O) groups excluding carboxylic acids is 1. The normalized spacial score (nSPS) is 21.8. The molecular weight excluding hydrogens is 298 g/mol. The van der Waals surface area contributed by atoms with E-state index in [2.05, 4.69) is 9.97 Å². The molecule has 1 atom stereocenters. The van der Waals surface area contributed by atoms with Crippen LogP contribution in [0.5, 0.6) is 0 Å². The number of carboxylic acids is 1. The molecule has 7 heteroatoms. The minimum absolute atomic E-state index is 0.107. The number of carbonyl (C=O) groups is 2. The number of hydrogen-bond acceptors (Lipinski definition) is 5. The standard InChI is InChI=1S/C16H23N3O4/c1-15(2,3)23-14(22)19-9-4-6-16(11-19,13(20)21)10-12-17-7-5-8-18-12/h5,7-8H,4,6,9-11H2,1-3H3,(H,20,21). The number of likely N-dealkylation sites (tertiary alicyclic amines) is 1. The Labute approximate surface area is 135 Å². The van der Waals surface area contributed by atoms with E-state index in [1.54, 1.807) is 39.2 Å². The Morgan fingerprint density at radius 2 is 2.00 bits per heavy atom. The summed E-state index contributed by atoms with van der Waals surface area (Å²) >= 11 is 0. The maximum absolute atomic E-state index is 12.3. The number of piperidine rings is 1. The summed E-state index contributed by atoms with van der Waals surface area (Å²) in [6, 6.07) is 1.69. The number of rotatable bonds is 3. The molecule has 1 aromatic heterocycles. The van der Waals surface area contributed by atoms with E-state index in [0.717, 1.165) is 0 Å². The Balaban J connectivity index is 2.17. The molecule has 0 radical (unpaired) electrons. The van der Waals surface area contributed by atoms with Gasteiger partial charge in [-0.15, -0.1) is 0 Å². The van der Waals surface area contributed by atoms with Gasteiger partial charge in [-0.3, -0.25) is 4.79 Å². The van der Waals surface area contributed by atoms with E-state index in [-0.39, 0.29) is 13.0 Å². The molecule has 1 N–H and O–H groups in total. The fourth-order valence-corrected chi connectivity index (χ4v) is 2.73. The molecule has 1 unspecified atom stereocenters. The van der Waals surface area contributed by atoms with Crippen LogP contribution in [0.15, 0.2) is 18.5 Å². The molecule has 0 aliphatic carbocycles. The molecule has 7 nitrogen and oxygen atoms in total. The van der Waals surface area contributed by atoms with Crippen LogP contribution in [0, 0.1) is 5.41 Å². The van der Waals surface area contributed by atoms with Crippen LogP contribution in [-0.2, 0) is 16.0 Å². The molecule has 23 heavy (non-hydrogen) atoms. The molecule has 2 heterocycles. The van der Waals surface area contributed by atoms with E-state index in [4.69, 9.17) is 4.74 Å². The summed E-state index contributed by atoms with van der Waals surface area (Å²) in [5.74, 6) is -0.459. The lowest BCUT2D eigenvalue weighted by molar-refractivity contribution is -0.152. The second kappa shape index (κ2) is 6.52. The zero-order valence-electron chi connectivity index (χ0n) is 13.8. The monoisotopic (exact) mass is 321 g/mol. The van der Waals surface area contributed by atoms with E-state index in [0.29, 0.717) is 25.2 Å². The average molecular weight is 321 g/mol. The van der Waals surface area contributed by atoms with Gasteiger partial charge in [0.15, 0.2) is 0 Å². The number of nitrogens with zero attached hydrogens (tertiary/aromatic N) is 3. The molecule has 1 saturated heterocycles. The van der Waals surface area contributed by atoms with Gasteiger partial charge in [0, 0.05) is 31.9 Å². The van der Waals surface area contributed by atoms with Crippen molar-refractivity contribution >= 4 is 12.1 Å². The molecular formula is C16H23N3O4. The first-order valence-corrected chi connectivity index (χ1v) is 7.69. The third-order valence-electron chi connectivity index (χ3n) is 3.80. The minimum Gasteiger partial charge on any atom is -0.481 e. The van der Waals surface area contributed by atoms with Crippen LogP contribution >= 0.6 is 0 Å². The molecule has 0 spiro atoms. The van der Waals surface area contributed by atoms with E-state index in [1.165, 1.54) is 4.90 Å². The predicted molar refractivity (Wildman–Crippen MR) is 82.8 cm³/mol. The highest BCUT2D eigenvalue weighted by atomic mass is 16.6. The maximum atomic E-state index is 12.3. The molecule has 0 bridgehead atoms. The van der Waals surface area contributed by atoms with Crippen molar-refractivity contribution < 1.29 is 19.4 Å². The summed E-state index contributed by atoms with van der Waals surface area (Å²) in [6.07, 6.45) is 4.00. The summed E-state index contributed by atoms with van der Waals surface area (Å²) < 4.78 is 5.36. The van der Waals surface area contributed by atoms with Crippen molar-refractivity contribution in [2.75, 3.05) is 13.1 Å². The van der Waals surface area contributed by atoms with Crippen molar-refractivity contribution in [3.63, 3.8) is 0 Å². The fraction of sp³-hybridized carbons (Fsp3) is 0.625. The van der Waals surface area contributed by atoms with Gasteiger partial charge in [0.05, 0.1) is 5.41 Å². The van der Waals surface area contributed by atoms with Crippen LogP contribution in [0.2, 0.25) is 0 Å². The summed E-state index contributed by atoms with van der Waals surface area (Å²) in [7, 11) is 0. The summed E-state index contributed by atoms with van der Waals surface area (Å²) in [4.78, 5) is 33.9. The average Bonchev–Trinajstić information content (AvgIpc) is 2.46. The van der Waals surface area contributed by atoms with Gasteiger partial charge in [-0.1, -0.05) is 0 Å². The first-order chi connectivity index (χ1) is 10.7. The molecule has 126 valence electrons. The van der Waals surface area contributed by atoms with Gasteiger partial charge in [0.2, 0.25) is 0 Å². The van der Waals surface area contributed by atoms with Gasteiger partial charge in [-0.25, -0.2) is 14.8 Å². The number of aliphatic carboxylic acids is 1. The first-order valence-electron chi connectivity index (χ1n) is 7.69. The molecule has 0 saturated carbocycles. The van der Waals surface area contributed by atoms with Gasteiger partial charge in [0.25, 0.3) is 0 Å². The molecule has 1 aliphatic heterocycles. The second-order valence-electron chi connectivity index (χ2n) is 6.93. The maximum Gasteiger partial charge on any atom is 0.410 e. The van der Waals surface area contributed by atoms with Crippen molar-refractivity contribution in [1.82, 2.24) is 14.9 Å². The number of amides is 1. The number of hydrogen-bond donors (Lipinski definition) is 1. The lowest BCUT2D eigenvalue weighted by Crippen LogP contribution is -2.52. The first kappa shape index (κ1) is 17.2. The van der Waals surface area contributed by atoms with E-state index < -0.39 is 23.1 Å². The van der Waals surface area contributed by atoms with Gasteiger partial charge in [-0.05, 0) is 39.7 Å². The number of carboxylic acid groups (broad SMARTS) is 1. The molecule has 2 rings (SSSR count). The quantitative estimate of drug-likeness (QED) is 0.916. The van der Waals surface area contributed by atoms with Crippen LogP contribution in [0.4, 0.5) is 4.79 Å². The number of ether oxygens (including phenoxy) is 1. The summed E-state index contributed by atoms with van der Waals surface area (Å²) in [5, 5.41) is 9.75. The van der Waals surface area contributed by atoms with E-state index in [1.807, 2.05) is 0 Å².